The number of aromatic hydroxyl groups is 1. The number of likely N-dealkylation sites (tertiary alicyclic amines) is 1. The number of para-hydroxylation sites is 2. The van der Waals surface area contributed by atoms with Crippen molar-refractivity contribution in [3.05, 3.63) is 53.6 Å². The van der Waals surface area contributed by atoms with Gasteiger partial charge in [0, 0.05) is 24.6 Å². The van der Waals surface area contributed by atoms with Crippen LogP contribution in [0, 0.1) is 11.3 Å². The second kappa shape index (κ2) is 9.82. The van der Waals surface area contributed by atoms with E-state index in [2.05, 4.69) is 10.2 Å². The van der Waals surface area contributed by atoms with E-state index in [1.165, 1.54) is 0 Å². The lowest BCUT2D eigenvalue weighted by Gasteiger charge is -2.33. The molecule has 6 nitrogen and oxygen atoms in total. The number of ether oxygens (including phenoxy) is 2. The minimum absolute atomic E-state index is 0.136. The number of hydrogen-bond acceptors (Lipinski definition) is 5. The first-order valence-corrected chi connectivity index (χ1v) is 11.6. The summed E-state index contributed by atoms with van der Waals surface area (Å²) in [5, 5.41) is 13.6. The normalized spacial score (nSPS) is 19.5. The van der Waals surface area contributed by atoms with Crippen molar-refractivity contribution in [1.29, 1.82) is 0 Å². The Hall–Kier alpha value is -2.73. The molecule has 1 amide bonds. The molecule has 2 aromatic rings. The lowest BCUT2D eigenvalue weighted by atomic mass is 9.90. The van der Waals surface area contributed by atoms with Crippen LogP contribution in [0.2, 0.25) is 0 Å². The lowest BCUT2D eigenvalue weighted by molar-refractivity contribution is -0.123. The molecule has 32 heavy (non-hydrogen) atoms. The number of piperidine rings is 1. The van der Waals surface area contributed by atoms with Crippen molar-refractivity contribution in [2.45, 2.75) is 39.2 Å². The largest absolute Gasteiger partial charge is 0.504 e. The average Bonchev–Trinajstić information content (AvgIpc) is 3.52. The van der Waals surface area contributed by atoms with Gasteiger partial charge in [-0.1, -0.05) is 30.3 Å². The number of amides is 1. The maximum Gasteiger partial charge on any atom is 0.223 e. The molecule has 2 aromatic carbocycles. The number of carbonyl (C=O) groups excluding carboxylic acids is 1. The summed E-state index contributed by atoms with van der Waals surface area (Å²) in [4.78, 5) is 15.1. The summed E-state index contributed by atoms with van der Waals surface area (Å²) in [5.41, 5.74) is 2.18. The van der Waals surface area contributed by atoms with E-state index in [1.807, 2.05) is 43.3 Å². The minimum Gasteiger partial charge on any atom is -0.504 e. The highest BCUT2D eigenvalue weighted by atomic mass is 16.5. The molecular weight excluding hydrogens is 404 g/mol. The molecule has 1 spiro atoms. The Balaban J connectivity index is 1.23. The molecule has 6 heteroatoms. The Labute approximate surface area is 190 Å². The number of phenols is 1. The molecule has 0 radical (unpaired) electrons. The Morgan fingerprint density at radius 1 is 1.12 bits per heavy atom. The molecule has 1 atom stereocenters. The third-order valence-electron chi connectivity index (χ3n) is 7.02. The van der Waals surface area contributed by atoms with E-state index >= 15 is 0 Å². The predicted octanol–water partition coefficient (Wildman–Crippen LogP) is 3.76. The molecule has 172 valence electrons. The number of hydrogen-bond donors (Lipinski definition) is 2. The third-order valence-corrected chi connectivity index (χ3v) is 7.02. The summed E-state index contributed by atoms with van der Waals surface area (Å²) in [5.74, 6) is 1.99. The molecule has 1 aliphatic heterocycles. The van der Waals surface area contributed by atoms with Gasteiger partial charge in [0.2, 0.25) is 5.91 Å². The summed E-state index contributed by atoms with van der Waals surface area (Å²) < 4.78 is 10.9. The SMILES string of the molecule is CCOc1cccc(CN2CCC3(CC2)CC3C(=O)NCCc2ccccc2OC)c1O. The Bertz CT molecular complexity index is 937. The van der Waals surface area contributed by atoms with Crippen LogP contribution in [0.3, 0.4) is 0 Å². The minimum atomic E-state index is 0.136. The number of carbonyl (C=O) groups is 1. The van der Waals surface area contributed by atoms with Gasteiger partial charge in [0.25, 0.3) is 0 Å². The van der Waals surface area contributed by atoms with Crippen LogP contribution in [-0.4, -0.2) is 49.3 Å². The third kappa shape index (κ3) is 4.85. The second-order valence-corrected chi connectivity index (χ2v) is 8.94. The van der Waals surface area contributed by atoms with Gasteiger partial charge >= 0.3 is 0 Å². The van der Waals surface area contributed by atoms with Gasteiger partial charge in [0.05, 0.1) is 13.7 Å². The highest BCUT2D eigenvalue weighted by Gasteiger charge is 2.58. The molecule has 0 bridgehead atoms. The first-order valence-electron chi connectivity index (χ1n) is 11.6. The van der Waals surface area contributed by atoms with Gasteiger partial charge in [0.1, 0.15) is 5.75 Å². The van der Waals surface area contributed by atoms with Crippen molar-refractivity contribution in [2.24, 2.45) is 11.3 Å². The van der Waals surface area contributed by atoms with Crippen LogP contribution < -0.4 is 14.8 Å². The Kier molecular flexibility index (Phi) is 6.89. The number of benzene rings is 2. The molecule has 1 aliphatic carbocycles. The van der Waals surface area contributed by atoms with E-state index in [0.717, 1.165) is 55.6 Å². The fourth-order valence-electron chi connectivity index (χ4n) is 4.99. The van der Waals surface area contributed by atoms with Gasteiger partial charge in [0.15, 0.2) is 11.5 Å². The zero-order chi connectivity index (χ0) is 22.6. The van der Waals surface area contributed by atoms with Crippen molar-refractivity contribution in [3.63, 3.8) is 0 Å². The van der Waals surface area contributed by atoms with Crippen LogP contribution in [0.1, 0.15) is 37.3 Å². The van der Waals surface area contributed by atoms with E-state index in [-0.39, 0.29) is 23.0 Å². The molecule has 2 fully saturated rings. The lowest BCUT2D eigenvalue weighted by Crippen LogP contribution is -2.37. The maximum atomic E-state index is 12.7. The standard InChI is InChI=1S/C26H34N2O4/c1-3-32-23-10-6-8-20(24(23)29)18-28-15-12-26(13-16-28)17-21(26)25(30)27-14-11-19-7-4-5-9-22(19)31-2/h4-10,21,29H,3,11-18H2,1-2H3,(H,27,30). The zero-order valence-corrected chi connectivity index (χ0v) is 19.1. The van der Waals surface area contributed by atoms with Crippen LogP contribution in [-0.2, 0) is 17.8 Å². The van der Waals surface area contributed by atoms with Gasteiger partial charge in [-0.05, 0) is 68.8 Å². The second-order valence-electron chi connectivity index (χ2n) is 8.94. The van der Waals surface area contributed by atoms with Gasteiger partial charge in [-0.2, -0.15) is 0 Å². The molecule has 1 heterocycles. The van der Waals surface area contributed by atoms with E-state index in [9.17, 15) is 9.90 Å². The van der Waals surface area contributed by atoms with Crippen molar-refractivity contribution in [2.75, 3.05) is 33.4 Å². The summed E-state index contributed by atoms with van der Waals surface area (Å²) in [7, 11) is 1.68. The number of phenolic OH excluding ortho intramolecular Hbond substituents is 1. The molecule has 2 aliphatic rings. The predicted molar refractivity (Wildman–Crippen MR) is 124 cm³/mol. The van der Waals surface area contributed by atoms with Gasteiger partial charge < -0.3 is 19.9 Å². The highest BCUT2D eigenvalue weighted by molar-refractivity contribution is 5.82. The van der Waals surface area contributed by atoms with E-state index < -0.39 is 0 Å². The van der Waals surface area contributed by atoms with Gasteiger partial charge in [-0.15, -0.1) is 0 Å². The molecule has 1 saturated carbocycles. The van der Waals surface area contributed by atoms with Crippen LogP contribution in [0.4, 0.5) is 0 Å². The molecule has 0 aromatic heterocycles. The Morgan fingerprint density at radius 2 is 1.84 bits per heavy atom. The van der Waals surface area contributed by atoms with E-state index in [1.54, 1.807) is 13.2 Å². The molecule has 1 unspecified atom stereocenters. The van der Waals surface area contributed by atoms with Crippen molar-refractivity contribution in [3.8, 4) is 17.2 Å². The number of rotatable bonds is 9. The maximum absolute atomic E-state index is 12.7. The van der Waals surface area contributed by atoms with Gasteiger partial charge in [-0.3, -0.25) is 9.69 Å². The fraction of sp³-hybridized carbons (Fsp3) is 0.500. The Morgan fingerprint density at radius 3 is 2.59 bits per heavy atom. The van der Waals surface area contributed by atoms with Crippen LogP contribution in [0.5, 0.6) is 17.2 Å². The van der Waals surface area contributed by atoms with Crippen LogP contribution in [0.25, 0.3) is 0 Å². The van der Waals surface area contributed by atoms with Crippen LogP contribution >= 0.6 is 0 Å². The average molecular weight is 439 g/mol. The fourth-order valence-corrected chi connectivity index (χ4v) is 4.99. The smallest absolute Gasteiger partial charge is 0.223 e. The first kappa shape index (κ1) is 22.5. The molecular formula is C26H34N2O4. The van der Waals surface area contributed by atoms with E-state index in [4.69, 9.17) is 9.47 Å². The van der Waals surface area contributed by atoms with Crippen molar-refractivity contribution < 1.29 is 19.4 Å². The first-order chi connectivity index (χ1) is 15.6. The molecule has 1 saturated heterocycles. The zero-order valence-electron chi connectivity index (χ0n) is 19.1. The van der Waals surface area contributed by atoms with Crippen molar-refractivity contribution >= 4 is 5.91 Å². The number of nitrogens with one attached hydrogen (secondary N) is 1. The summed E-state index contributed by atoms with van der Waals surface area (Å²) >= 11 is 0. The summed E-state index contributed by atoms with van der Waals surface area (Å²) in [6.45, 7) is 5.68. The van der Waals surface area contributed by atoms with E-state index in [0.29, 0.717) is 25.4 Å². The quantitative estimate of drug-likeness (QED) is 0.624. The van der Waals surface area contributed by atoms with Crippen LogP contribution in [0.15, 0.2) is 42.5 Å². The topological polar surface area (TPSA) is 71.0 Å². The number of methoxy groups -OCH3 is 1. The summed E-state index contributed by atoms with van der Waals surface area (Å²) in [6.07, 6.45) is 3.83. The number of nitrogens with zero attached hydrogens (tertiary/aromatic N) is 1. The summed E-state index contributed by atoms with van der Waals surface area (Å²) in [6, 6.07) is 13.6. The van der Waals surface area contributed by atoms with Crippen molar-refractivity contribution in [1.82, 2.24) is 10.2 Å². The van der Waals surface area contributed by atoms with Gasteiger partial charge in [-0.25, -0.2) is 0 Å². The molecule has 4 rings (SSSR count). The monoisotopic (exact) mass is 438 g/mol. The molecule has 2 N–H and O–H groups in total. The highest BCUT2D eigenvalue weighted by Crippen LogP contribution is 2.59.